The second kappa shape index (κ2) is 8.19. The van der Waals surface area contributed by atoms with Gasteiger partial charge in [-0.15, -0.1) is 0 Å². The Kier molecular flexibility index (Phi) is 5.66. The van der Waals surface area contributed by atoms with Gasteiger partial charge in [0.05, 0.1) is 11.4 Å². The number of likely N-dealkylation sites (tertiary alicyclic amines) is 1. The minimum atomic E-state index is -3.51. The molecule has 0 radical (unpaired) electrons. The summed E-state index contributed by atoms with van der Waals surface area (Å²) in [5.41, 5.74) is 0. The van der Waals surface area contributed by atoms with Crippen LogP contribution in [0.5, 0.6) is 0 Å². The zero-order chi connectivity index (χ0) is 19.6. The first-order chi connectivity index (χ1) is 13.5. The third-order valence-electron chi connectivity index (χ3n) is 5.76. The lowest BCUT2D eigenvalue weighted by Gasteiger charge is -2.35. The Hall–Kier alpha value is -1.96. The number of piperazine rings is 1. The highest BCUT2D eigenvalue weighted by Crippen LogP contribution is 2.23. The third-order valence-corrected chi connectivity index (χ3v) is 7.65. The van der Waals surface area contributed by atoms with Crippen molar-refractivity contribution >= 4 is 26.7 Å². The van der Waals surface area contributed by atoms with Crippen molar-refractivity contribution in [3.8, 4) is 0 Å². The Morgan fingerprint density at radius 1 is 0.821 bits per heavy atom. The van der Waals surface area contributed by atoms with Crippen LogP contribution < -0.4 is 0 Å². The number of hydrogen-bond donors (Lipinski definition) is 0. The van der Waals surface area contributed by atoms with Crippen molar-refractivity contribution in [2.45, 2.75) is 24.2 Å². The summed E-state index contributed by atoms with van der Waals surface area (Å²) in [6, 6.07) is 13.1. The lowest BCUT2D eigenvalue weighted by molar-refractivity contribution is -0.133. The molecule has 6 nitrogen and oxygen atoms in total. The van der Waals surface area contributed by atoms with Crippen molar-refractivity contribution in [2.75, 3.05) is 45.8 Å². The first kappa shape index (κ1) is 19.4. The fourth-order valence-electron chi connectivity index (χ4n) is 4.04. The molecule has 0 saturated carbocycles. The van der Waals surface area contributed by atoms with Crippen LogP contribution in [0.1, 0.15) is 19.3 Å². The Morgan fingerprint density at radius 3 is 2.21 bits per heavy atom. The average Bonchev–Trinajstić information content (AvgIpc) is 2.74. The number of rotatable bonds is 4. The van der Waals surface area contributed by atoms with Crippen molar-refractivity contribution < 1.29 is 13.2 Å². The number of carbonyl (C=O) groups excluding carboxylic acids is 1. The largest absolute Gasteiger partial charge is 0.342 e. The molecule has 7 heteroatoms. The van der Waals surface area contributed by atoms with Gasteiger partial charge in [0.1, 0.15) is 0 Å². The standard InChI is InChI=1S/C21H27N3O3S/c25-21(23-10-4-1-5-11-23)17-22-12-14-24(15-13-22)28(26,27)20-9-8-18-6-2-3-7-19(18)16-20/h2-3,6-9,16H,1,4-5,10-15,17H2. The Bertz CT molecular complexity index is 946. The molecule has 2 aromatic carbocycles. The molecule has 2 aliphatic rings. The number of sulfonamides is 1. The van der Waals surface area contributed by atoms with Gasteiger partial charge in [0.25, 0.3) is 0 Å². The van der Waals surface area contributed by atoms with E-state index in [9.17, 15) is 13.2 Å². The number of hydrogen-bond acceptors (Lipinski definition) is 4. The second-order valence-corrected chi connectivity index (χ2v) is 9.57. The van der Waals surface area contributed by atoms with Gasteiger partial charge in [-0.05, 0) is 42.2 Å². The summed E-state index contributed by atoms with van der Waals surface area (Å²) in [6.45, 7) is 4.12. The van der Waals surface area contributed by atoms with Crippen LogP contribution in [0.25, 0.3) is 10.8 Å². The van der Waals surface area contributed by atoms with Crippen LogP contribution in [0.3, 0.4) is 0 Å². The molecule has 2 aliphatic heterocycles. The highest BCUT2D eigenvalue weighted by Gasteiger charge is 2.30. The summed E-state index contributed by atoms with van der Waals surface area (Å²) in [4.78, 5) is 16.8. The first-order valence-corrected chi connectivity index (χ1v) is 11.5. The molecule has 0 aromatic heterocycles. The molecule has 28 heavy (non-hydrogen) atoms. The quantitative estimate of drug-likeness (QED) is 0.788. The molecule has 0 N–H and O–H groups in total. The molecule has 2 fully saturated rings. The molecule has 2 heterocycles. The van der Waals surface area contributed by atoms with E-state index in [0.717, 1.165) is 36.7 Å². The molecular formula is C21H27N3O3S. The topological polar surface area (TPSA) is 60.9 Å². The molecule has 0 spiro atoms. The summed E-state index contributed by atoms with van der Waals surface area (Å²) in [6.07, 6.45) is 3.38. The van der Waals surface area contributed by atoms with Crippen LogP contribution in [0, 0.1) is 0 Å². The fraction of sp³-hybridized carbons (Fsp3) is 0.476. The van der Waals surface area contributed by atoms with Crippen molar-refractivity contribution in [2.24, 2.45) is 0 Å². The van der Waals surface area contributed by atoms with E-state index in [0.29, 0.717) is 37.6 Å². The molecule has 4 rings (SSSR count). The SMILES string of the molecule is O=C(CN1CCN(S(=O)(=O)c2ccc3ccccc3c2)CC1)N1CCCCC1. The molecule has 150 valence electrons. The van der Waals surface area contributed by atoms with E-state index in [4.69, 9.17) is 0 Å². The summed E-state index contributed by atoms with van der Waals surface area (Å²) in [7, 11) is -3.51. The van der Waals surface area contributed by atoms with Crippen LogP contribution in [0.2, 0.25) is 0 Å². The Labute approximate surface area is 166 Å². The predicted octanol–water partition coefficient (Wildman–Crippen LogP) is 2.16. The van der Waals surface area contributed by atoms with E-state index >= 15 is 0 Å². The molecule has 0 unspecified atom stereocenters. The Balaban J connectivity index is 1.38. The van der Waals surface area contributed by atoms with Crippen LogP contribution in [0.15, 0.2) is 47.4 Å². The van der Waals surface area contributed by atoms with Crippen LogP contribution in [-0.2, 0) is 14.8 Å². The molecule has 2 saturated heterocycles. The van der Waals surface area contributed by atoms with Crippen molar-refractivity contribution in [3.63, 3.8) is 0 Å². The summed E-state index contributed by atoms with van der Waals surface area (Å²) in [5.74, 6) is 0.172. The summed E-state index contributed by atoms with van der Waals surface area (Å²) < 4.78 is 27.6. The van der Waals surface area contributed by atoms with Crippen molar-refractivity contribution in [1.82, 2.24) is 14.1 Å². The normalized spacial score (nSPS) is 19.8. The van der Waals surface area contributed by atoms with Gasteiger partial charge in [-0.25, -0.2) is 8.42 Å². The lowest BCUT2D eigenvalue weighted by atomic mass is 10.1. The molecular weight excluding hydrogens is 374 g/mol. The predicted molar refractivity (Wildman–Crippen MR) is 110 cm³/mol. The maximum absolute atomic E-state index is 13.0. The Morgan fingerprint density at radius 2 is 1.50 bits per heavy atom. The molecule has 0 bridgehead atoms. The second-order valence-electron chi connectivity index (χ2n) is 7.63. The number of piperidine rings is 1. The van der Waals surface area contributed by atoms with E-state index in [1.54, 1.807) is 16.4 Å². The smallest absolute Gasteiger partial charge is 0.243 e. The van der Waals surface area contributed by atoms with Gasteiger partial charge in [-0.2, -0.15) is 4.31 Å². The highest BCUT2D eigenvalue weighted by molar-refractivity contribution is 7.89. The average molecular weight is 402 g/mol. The lowest BCUT2D eigenvalue weighted by Crippen LogP contribution is -2.51. The number of amides is 1. The zero-order valence-electron chi connectivity index (χ0n) is 16.1. The first-order valence-electron chi connectivity index (χ1n) is 10.0. The third kappa shape index (κ3) is 4.06. The van der Waals surface area contributed by atoms with Gasteiger partial charge in [-0.3, -0.25) is 9.69 Å². The molecule has 1 amide bonds. The van der Waals surface area contributed by atoms with E-state index in [2.05, 4.69) is 4.90 Å². The number of fused-ring (bicyclic) bond motifs is 1. The van der Waals surface area contributed by atoms with Crippen molar-refractivity contribution in [3.05, 3.63) is 42.5 Å². The zero-order valence-corrected chi connectivity index (χ0v) is 16.9. The molecule has 0 aliphatic carbocycles. The van der Waals surface area contributed by atoms with Gasteiger partial charge in [0.15, 0.2) is 0 Å². The molecule has 2 aromatic rings. The summed E-state index contributed by atoms with van der Waals surface area (Å²) >= 11 is 0. The summed E-state index contributed by atoms with van der Waals surface area (Å²) in [5, 5.41) is 1.96. The van der Waals surface area contributed by atoms with Gasteiger partial charge in [0, 0.05) is 39.3 Å². The minimum absolute atomic E-state index is 0.172. The number of benzene rings is 2. The minimum Gasteiger partial charge on any atom is -0.342 e. The van der Waals surface area contributed by atoms with Gasteiger partial charge in [-0.1, -0.05) is 30.3 Å². The van der Waals surface area contributed by atoms with Crippen molar-refractivity contribution in [1.29, 1.82) is 0 Å². The monoisotopic (exact) mass is 401 g/mol. The highest BCUT2D eigenvalue weighted by atomic mass is 32.2. The van der Waals surface area contributed by atoms with E-state index in [1.165, 1.54) is 6.42 Å². The molecule has 0 atom stereocenters. The van der Waals surface area contributed by atoms with E-state index in [1.807, 2.05) is 35.2 Å². The van der Waals surface area contributed by atoms with E-state index in [-0.39, 0.29) is 5.91 Å². The number of carbonyl (C=O) groups is 1. The fourth-order valence-corrected chi connectivity index (χ4v) is 5.50. The van der Waals surface area contributed by atoms with Crippen LogP contribution >= 0.6 is 0 Å². The van der Waals surface area contributed by atoms with Gasteiger partial charge in [0.2, 0.25) is 15.9 Å². The van der Waals surface area contributed by atoms with Gasteiger partial charge < -0.3 is 4.90 Å². The maximum atomic E-state index is 13.0. The maximum Gasteiger partial charge on any atom is 0.243 e. The van der Waals surface area contributed by atoms with Gasteiger partial charge >= 0.3 is 0 Å². The number of nitrogens with zero attached hydrogens (tertiary/aromatic N) is 3. The van der Waals surface area contributed by atoms with Crippen LogP contribution in [0.4, 0.5) is 0 Å². The van der Waals surface area contributed by atoms with E-state index < -0.39 is 10.0 Å². The van der Waals surface area contributed by atoms with Crippen LogP contribution in [-0.4, -0.2) is 74.2 Å².